The largest absolute Gasteiger partial charge is 0.480 e. The highest BCUT2D eigenvalue weighted by Crippen LogP contribution is 2.32. The summed E-state index contributed by atoms with van der Waals surface area (Å²) in [5.41, 5.74) is 0.368. The molecule has 5 heteroatoms. The van der Waals surface area contributed by atoms with Crippen LogP contribution in [0.1, 0.15) is 47.5 Å². The predicted molar refractivity (Wildman–Crippen MR) is 81.0 cm³/mol. The van der Waals surface area contributed by atoms with Crippen LogP contribution in [0.4, 0.5) is 4.79 Å². The Morgan fingerprint density at radius 2 is 2.05 bits per heavy atom. The number of carbonyl (C=O) groups excluding carboxylic acids is 1. The predicted octanol–water partition coefficient (Wildman–Crippen LogP) is 3.27. The van der Waals surface area contributed by atoms with Crippen LogP contribution in [0.15, 0.2) is 23.8 Å². The highest BCUT2D eigenvalue weighted by atomic mass is 16.6. The number of hydrogen-bond acceptors (Lipinski definition) is 3. The van der Waals surface area contributed by atoms with Gasteiger partial charge in [-0.25, -0.2) is 9.59 Å². The van der Waals surface area contributed by atoms with Crippen LogP contribution in [-0.4, -0.2) is 28.8 Å². The zero-order chi connectivity index (χ0) is 16.3. The molecule has 1 aliphatic rings. The van der Waals surface area contributed by atoms with E-state index < -0.39 is 23.7 Å². The lowest BCUT2D eigenvalue weighted by atomic mass is 9.80. The summed E-state index contributed by atoms with van der Waals surface area (Å²) < 4.78 is 5.10. The number of allylic oxidation sites excluding steroid dienone is 3. The first-order valence-corrected chi connectivity index (χ1v) is 7.08. The first-order chi connectivity index (χ1) is 9.48. The maximum absolute atomic E-state index is 11.7. The minimum absolute atomic E-state index is 0.0130. The lowest BCUT2D eigenvalue weighted by Crippen LogP contribution is -2.43. The number of nitrogens with one attached hydrogen (secondary N) is 1. The van der Waals surface area contributed by atoms with Gasteiger partial charge in [-0.05, 0) is 39.0 Å². The van der Waals surface area contributed by atoms with E-state index in [2.05, 4.69) is 25.2 Å². The molecule has 5 nitrogen and oxygen atoms in total. The normalized spacial score (nSPS) is 18.6. The molecular formula is C16H25NO4. The van der Waals surface area contributed by atoms with Gasteiger partial charge in [-0.15, -0.1) is 0 Å². The molecular weight excluding hydrogens is 270 g/mol. The number of carboxylic acids is 1. The zero-order valence-electron chi connectivity index (χ0n) is 13.4. The van der Waals surface area contributed by atoms with Gasteiger partial charge in [-0.1, -0.05) is 37.6 Å². The fourth-order valence-electron chi connectivity index (χ4n) is 2.20. The molecule has 0 saturated heterocycles. The minimum atomic E-state index is -1.06. The topological polar surface area (TPSA) is 75.6 Å². The van der Waals surface area contributed by atoms with Crippen molar-refractivity contribution in [3.63, 3.8) is 0 Å². The van der Waals surface area contributed by atoms with Crippen LogP contribution in [0, 0.1) is 5.41 Å². The van der Waals surface area contributed by atoms with Crippen molar-refractivity contribution in [3.8, 4) is 0 Å². The van der Waals surface area contributed by atoms with Crippen LogP contribution in [0.25, 0.3) is 0 Å². The lowest BCUT2D eigenvalue weighted by molar-refractivity contribution is -0.139. The van der Waals surface area contributed by atoms with Crippen molar-refractivity contribution >= 4 is 12.1 Å². The van der Waals surface area contributed by atoms with Crippen molar-refractivity contribution in [2.45, 2.75) is 59.1 Å². The summed E-state index contributed by atoms with van der Waals surface area (Å²) in [6, 6.07) is -0.978. The molecule has 0 aromatic rings. The van der Waals surface area contributed by atoms with E-state index in [0.717, 1.165) is 12.0 Å². The van der Waals surface area contributed by atoms with Crippen LogP contribution in [-0.2, 0) is 9.53 Å². The summed E-state index contributed by atoms with van der Waals surface area (Å²) in [5.74, 6) is -1.06. The molecule has 1 amide bonds. The van der Waals surface area contributed by atoms with Gasteiger partial charge < -0.3 is 15.2 Å². The maximum Gasteiger partial charge on any atom is 0.408 e. The smallest absolute Gasteiger partial charge is 0.408 e. The molecule has 0 spiro atoms. The van der Waals surface area contributed by atoms with Gasteiger partial charge in [-0.2, -0.15) is 0 Å². The summed E-state index contributed by atoms with van der Waals surface area (Å²) in [5, 5.41) is 11.7. The van der Waals surface area contributed by atoms with Gasteiger partial charge in [0.2, 0.25) is 0 Å². The average Bonchev–Trinajstić information content (AvgIpc) is 2.23. The van der Waals surface area contributed by atoms with Crippen LogP contribution in [0.3, 0.4) is 0 Å². The third-order valence-corrected chi connectivity index (χ3v) is 3.02. The molecule has 0 aromatic heterocycles. The molecule has 1 aliphatic carbocycles. The van der Waals surface area contributed by atoms with E-state index in [1.807, 2.05) is 12.2 Å². The second-order valence-electron chi connectivity index (χ2n) is 7.09. The number of carbonyl (C=O) groups is 2. The van der Waals surface area contributed by atoms with E-state index in [0.29, 0.717) is 0 Å². The summed E-state index contributed by atoms with van der Waals surface area (Å²) in [7, 11) is 0. The van der Waals surface area contributed by atoms with Crippen molar-refractivity contribution in [1.82, 2.24) is 5.32 Å². The Labute approximate surface area is 126 Å². The number of hydrogen-bond donors (Lipinski definition) is 2. The van der Waals surface area contributed by atoms with Gasteiger partial charge in [0.15, 0.2) is 0 Å². The Balaban J connectivity index is 2.67. The molecule has 0 saturated carbocycles. The molecule has 0 heterocycles. The minimum Gasteiger partial charge on any atom is -0.480 e. The average molecular weight is 295 g/mol. The van der Waals surface area contributed by atoms with Gasteiger partial charge >= 0.3 is 12.1 Å². The molecule has 21 heavy (non-hydrogen) atoms. The number of amides is 1. The number of ether oxygens (including phenoxy) is 1. The number of carboxylic acid groups (broad SMARTS) is 1. The van der Waals surface area contributed by atoms with Crippen LogP contribution < -0.4 is 5.32 Å². The molecule has 0 radical (unpaired) electrons. The number of aliphatic carboxylic acids is 1. The highest BCUT2D eigenvalue weighted by Gasteiger charge is 2.27. The Bertz CT molecular complexity index is 469. The van der Waals surface area contributed by atoms with E-state index in [-0.39, 0.29) is 11.8 Å². The van der Waals surface area contributed by atoms with Gasteiger partial charge in [0.25, 0.3) is 0 Å². The van der Waals surface area contributed by atoms with E-state index in [1.165, 1.54) is 0 Å². The maximum atomic E-state index is 11.7. The van der Waals surface area contributed by atoms with Crippen LogP contribution in [0.5, 0.6) is 0 Å². The van der Waals surface area contributed by atoms with Crippen molar-refractivity contribution in [2.24, 2.45) is 5.41 Å². The number of rotatable bonds is 4. The van der Waals surface area contributed by atoms with E-state index in [4.69, 9.17) is 4.74 Å². The fraction of sp³-hybridized carbons (Fsp3) is 0.625. The highest BCUT2D eigenvalue weighted by molar-refractivity contribution is 5.80. The SMILES string of the molecule is CC1(C)C=CC=C(C[C@H](NC(=O)OC(C)(C)C)C(=O)O)C1. The molecule has 0 fully saturated rings. The third kappa shape index (κ3) is 6.47. The summed E-state index contributed by atoms with van der Waals surface area (Å²) in [4.78, 5) is 23.0. The third-order valence-electron chi connectivity index (χ3n) is 3.02. The van der Waals surface area contributed by atoms with Crippen LogP contribution >= 0.6 is 0 Å². The second kappa shape index (κ2) is 6.33. The van der Waals surface area contributed by atoms with E-state index in [1.54, 1.807) is 20.8 Å². The van der Waals surface area contributed by atoms with Gasteiger partial charge in [-0.3, -0.25) is 0 Å². The molecule has 1 atom stereocenters. The van der Waals surface area contributed by atoms with Crippen molar-refractivity contribution < 1.29 is 19.4 Å². The lowest BCUT2D eigenvalue weighted by Gasteiger charge is -2.27. The first-order valence-electron chi connectivity index (χ1n) is 7.08. The second-order valence-corrected chi connectivity index (χ2v) is 7.09. The summed E-state index contributed by atoms with van der Waals surface area (Å²) in [6.45, 7) is 9.39. The quantitative estimate of drug-likeness (QED) is 0.834. The zero-order valence-corrected chi connectivity index (χ0v) is 13.4. The van der Waals surface area contributed by atoms with Gasteiger partial charge in [0.05, 0.1) is 0 Å². The Morgan fingerprint density at radius 3 is 2.52 bits per heavy atom. The summed E-state index contributed by atoms with van der Waals surface area (Å²) in [6.07, 6.45) is 6.30. The van der Waals surface area contributed by atoms with Gasteiger partial charge in [0, 0.05) is 0 Å². The van der Waals surface area contributed by atoms with Gasteiger partial charge in [0.1, 0.15) is 11.6 Å². The molecule has 2 N–H and O–H groups in total. The van der Waals surface area contributed by atoms with E-state index >= 15 is 0 Å². The van der Waals surface area contributed by atoms with E-state index in [9.17, 15) is 14.7 Å². The fourth-order valence-corrected chi connectivity index (χ4v) is 2.20. The first kappa shape index (κ1) is 17.3. The molecule has 1 rings (SSSR count). The Hall–Kier alpha value is -1.78. The van der Waals surface area contributed by atoms with Crippen molar-refractivity contribution in [3.05, 3.63) is 23.8 Å². The molecule has 118 valence electrons. The monoisotopic (exact) mass is 295 g/mol. The van der Waals surface area contributed by atoms with Crippen LogP contribution in [0.2, 0.25) is 0 Å². The molecule has 0 unspecified atom stereocenters. The standard InChI is InChI=1S/C16H25NO4/c1-15(2,3)21-14(20)17-12(13(18)19)9-11-7-6-8-16(4,5)10-11/h6-8,12H,9-10H2,1-5H3,(H,17,20)(H,18,19)/t12-/m0/s1. The Morgan fingerprint density at radius 1 is 1.43 bits per heavy atom. The molecule has 0 aromatic carbocycles. The Kier molecular flexibility index (Phi) is 5.20. The molecule has 0 bridgehead atoms. The summed E-state index contributed by atoms with van der Waals surface area (Å²) >= 11 is 0. The van der Waals surface area contributed by atoms with Crippen molar-refractivity contribution in [2.75, 3.05) is 0 Å². The molecule has 0 aliphatic heterocycles. The van der Waals surface area contributed by atoms with Crippen molar-refractivity contribution in [1.29, 1.82) is 0 Å². The number of alkyl carbamates (subject to hydrolysis) is 1.